The molecule has 0 aliphatic carbocycles. The largest absolute Gasteiger partial charge is 0.465 e. The minimum Gasteiger partial charge on any atom is -0.465 e. The number of urea groups is 1. The van der Waals surface area contributed by atoms with Crippen molar-refractivity contribution in [1.82, 2.24) is 10.2 Å². The van der Waals surface area contributed by atoms with Gasteiger partial charge in [0.2, 0.25) is 0 Å². The summed E-state index contributed by atoms with van der Waals surface area (Å²) >= 11 is 0. The quantitative estimate of drug-likeness (QED) is 0.818. The molecule has 126 valence electrons. The summed E-state index contributed by atoms with van der Waals surface area (Å²) in [5.74, 6) is -0.464. The van der Waals surface area contributed by atoms with Crippen LogP contribution in [-0.4, -0.2) is 49.7 Å². The molecule has 2 N–H and O–H groups in total. The van der Waals surface area contributed by atoms with Gasteiger partial charge < -0.3 is 20.3 Å². The molecule has 6 nitrogen and oxygen atoms in total. The van der Waals surface area contributed by atoms with Gasteiger partial charge in [-0.1, -0.05) is 19.1 Å². The summed E-state index contributed by atoms with van der Waals surface area (Å²) in [6.45, 7) is 5.32. The number of carbonyl (C=O) groups is 2. The summed E-state index contributed by atoms with van der Waals surface area (Å²) < 4.78 is 4.73. The van der Waals surface area contributed by atoms with Crippen LogP contribution in [0.4, 0.5) is 10.5 Å². The Morgan fingerprint density at radius 2 is 1.96 bits per heavy atom. The number of nitrogens with one attached hydrogen (secondary N) is 2. The number of amides is 2. The Balaban J connectivity index is 1.87. The third kappa shape index (κ3) is 4.96. The number of ether oxygens (including phenoxy) is 1. The molecule has 1 aromatic rings. The van der Waals surface area contributed by atoms with E-state index in [1.165, 1.54) is 7.11 Å². The number of benzene rings is 1. The van der Waals surface area contributed by atoms with Gasteiger partial charge in [0.15, 0.2) is 0 Å². The zero-order valence-electron chi connectivity index (χ0n) is 13.8. The standard InChI is InChI=1S/C17H25N3O3/c1-3-10-20-11-8-13(9-12-20)18-17(22)19-15-7-5-4-6-14(15)16(21)23-2/h4-7,13H,3,8-12H2,1-2H3,(H2,18,19,22). The second-order valence-electron chi connectivity index (χ2n) is 5.75. The highest BCUT2D eigenvalue weighted by Gasteiger charge is 2.21. The summed E-state index contributed by atoms with van der Waals surface area (Å²) in [7, 11) is 1.32. The number of hydrogen-bond acceptors (Lipinski definition) is 4. The number of rotatable bonds is 5. The highest BCUT2D eigenvalue weighted by Crippen LogP contribution is 2.16. The fourth-order valence-corrected chi connectivity index (χ4v) is 2.84. The van der Waals surface area contributed by atoms with Crippen molar-refractivity contribution < 1.29 is 14.3 Å². The van der Waals surface area contributed by atoms with Crippen molar-refractivity contribution in [2.75, 3.05) is 32.1 Å². The van der Waals surface area contributed by atoms with Crippen LogP contribution in [0.15, 0.2) is 24.3 Å². The maximum absolute atomic E-state index is 12.2. The first-order valence-corrected chi connectivity index (χ1v) is 8.11. The van der Waals surface area contributed by atoms with E-state index in [-0.39, 0.29) is 12.1 Å². The fraction of sp³-hybridized carbons (Fsp3) is 0.529. The number of nitrogens with zero attached hydrogens (tertiary/aromatic N) is 1. The molecule has 0 radical (unpaired) electrons. The third-order valence-corrected chi connectivity index (χ3v) is 4.04. The molecule has 1 saturated heterocycles. The van der Waals surface area contributed by atoms with E-state index in [2.05, 4.69) is 22.5 Å². The molecular weight excluding hydrogens is 294 g/mol. The average Bonchev–Trinajstić information content (AvgIpc) is 2.56. The van der Waals surface area contributed by atoms with Crippen molar-refractivity contribution >= 4 is 17.7 Å². The van der Waals surface area contributed by atoms with Crippen molar-refractivity contribution in [3.05, 3.63) is 29.8 Å². The predicted octanol–water partition coefficient (Wildman–Crippen LogP) is 2.47. The lowest BCUT2D eigenvalue weighted by Crippen LogP contribution is -2.46. The first kappa shape index (κ1) is 17.3. The van der Waals surface area contributed by atoms with E-state index in [0.29, 0.717) is 11.3 Å². The molecule has 23 heavy (non-hydrogen) atoms. The minimum atomic E-state index is -0.464. The lowest BCUT2D eigenvalue weighted by atomic mass is 10.1. The number of piperidine rings is 1. The smallest absolute Gasteiger partial charge is 0.339 e. The molecule has 0 bridgehead atoms. The van der Waals surface area contributed by atoms with E-state index in [1.807, 2.05) is 0 Å². The van der Waals surface area contributed by atoms with Gasteiger partial charge in [-0.15, -0.1) is 0 Å². The zero-order chi connectivity index (χ0) is 16.7. The molecule has 1 aromatic carbocycles. The summed E-state index contributed by atoms with van der Waals surface area (Å²) in [6.07, 6.45) is 3.06. The van der Waals surface area contributed by atoms with Gasteiger partial charge in [-0.3, -0.25) is 0 Å². The van der Waals surface area contributed by atoms with Crippen LogP contribution in [-0.2, 0) is 4.74 Å². The van der Waals surface area contributed by atoms with Crippen LogP contribution in [0.3, 0.4) is 0 Å². The van der Waals surface area contributed by atoms with E-state index >= 15 is 0 Å². The fourth-order valence-electron chi connectivity index (χ4n) is 2.84. The molecule has 1 heterocycles. The van der Waals surface area contributed by atoms with Gasteiger partial charge in [-0.05, 0) is 37.9 Å². The van der Waals surface area contributed by atoms with Crippen molar-refractivity contribution in [2.24, 2.45) is 0 Å². The predicted molar refractivity (Wildman–Crippen MR) is 89.7 cm³/mol. The number of carbonyl (C=O) groups excluding carboxylic acids is 2. The number of methoxy groups -OCH3 is 1. The Kier molecular flexibility index (Phi) is 6.40. The Hall–Kier alpha value is -2.08. The van der Waals surface area contributed by atoms with E-state index in [1.54, 1.807) is 24.3 Å². The first-order valence-electron chi connectivity index (χ1n) is 8.11. The Labute approximate surface area is 137 Å². The monoisotopic (exact) mass is 319 g/mol. The van der Waals surface area contributed by atoms with Crippen molar-refractivity contribution in [3.63, 3.8) is 0 Å². The van der Waals surface area contributed by atoms with Gasteiger partial charge >= 0.3 is 12.0 Å². The Morgan fingerprint density at radius 1 is 1.26 bits per heavy atom. The van der Waals surface area contributed by atoms with Crippen molar-refractivity contribution in [3.8, 4) is 0 Å². The lowest BCUT2D eigenvalue weighted by Gasteiger charge is -2.32. The van der Waals surface area contributed by atoms with E-state index in [0.717, 1.165) is 38.9 Å². The molecule has 0 atom stereocenters. The lowest BCUT2D eigenvalue weighted by molar-refractivity contribution is 0.0602. The number of esters is 1. The van der Waals surface area contributed by atoms with Gasteiger partial charge in [0.25, 0.3) is 0 Å². The van der Waals surface area contributed by atoms with Crippen molar-refractivity contribution in [2.45, 2.75) is 32.2 Å². The van der Waals surface area contributed by atoms with Gasteiger partial charge in [0, 0.05) is 19.1 Å². The van der Waals surface area contributed by atoms with E-state index in [4.69, 9.17) is 4.74 Å². The van der Waals surface area contributed by atoms with Crippen LogP contribution < -0.4 is 10.6 Å². The second-order valence-corrected chi connectivity index (χ2v) is 5.75. The average molecular weight is 319 g/mol. The first-order chi connectivity index (χ1) is 11.1. The SMILES string of the molecule is CCCN1CCC(NC(=O)Nc2ccccc2C(=O)OC)CC1. The minimum absolute atomic E-state index is 0.174. The molecule has 0 spiro atoms. The summed E-state index contributed by atoms with van der Waals surface area (Å²) in [5.41, 5.74) is 0.809. The number of likely N-dealkylation sites (tertiary alicyclic amines) is 1. The Bertz CT molecular complexity index is 540. The van der Waals surface area contributed by atoms with Crippen LogP contribution >= 0.6 is 0 Å². The molecule has 1 fully saturated rings. The topological polar surface area (TPSA) is 70.7 Å². The zero-order valence-corrected chi connectivity index (χ0v) is 13.8. The molecule has 0 aromatic heterocycles. The molecule has 2 amide bonds. The van der Waals surface area contributed by atoms with Crippen LogP contribution in [0.2, 0.25) is 0 Å². The maximum Gasteiger partial charge on any atom is 0.339 e. The third-order valence-electron chi connectivity index (χ3n) is 4.04. The van der Waals surface area contributed by atoms with Crippen LogP contribution in [0.1, 0.15) is 36.5 Å². The molecule has 0 unspecified atom stereocenters. The molecule has 1 aliphatic rings. The van der Waals surface area contributed by atoms with E-state index in [9.17, 15) is 9.59 Å². The number of hydrogen-bond donors (Lipinski definition) is 2. The summed E-state index contributed by atoms with van der Waals surface area (Å²) in [5, 5.41) is 5.73. The molecular formula is C17H25N3O3. The van der Waals surface area contributed by atoms with Crippen LogP contribution in [0.5, 0.6) is 0 Å². The van der Waals surface area contributed by atoms with Gasteiger partial charge in [-0.2, -0.15) is 0 Å². The number of para-hydroxylation sites is 1. The van der Waals surface area contributed by atoms with Crippen molar-refractivity contribution in [1.29, 1.82) is 0 Å². The highest BCUT2D eigenvalue weighted by molar-refractivity contribution is 6.00. The Morgan fingerprint density at radius 3 is 2.61 bits per heavy atom. The van der Waals surface area contributed by atoms with E-state index < -0.39 is 5.97 Å². The normalized spacial score (nSPS) is 15.9. The molecule has 2 rings (SSSR count). The number of anilines is 1. The van der Waals surface area contributed by atoms with Crippen LogP contribution in [0.25, 0.3) is 0 Å². The van der Waals surface area contributed by atoms with Gasteiger partial charge in [-0.25, -0.2) is 9.59 Å². The van der Waals surface area contributed by atoms with Gasteiger partial charge in [0.1, 0.15) is 0 Å². The highest BCUT2D eigenvalue weighted by atomic mass is 16.5. The molecule has 6 heteroatoms. The van der Waals surface area contributed by atoms with Gasteiger partial charge in [0.05, 0.1) is 18.4 Å². The maximum atomic E-state index is 12.2. The molecule has 0 saturated carbocycles. The summed E-state index contributed by atoms with van der Waals surface area (Å²) in [6, 6.07) is 6.72. The molecule has 1 aliphatic heterocycles. The summed E-state index contributed by atoms with van der Waals surface area (Å²) in [4.78, 5) is 26.3. The second kappa shape index (κ2) is 8.53. The van der Waals surface area contributed by atoms with Crippen LogP contribution in [0, 0.1) is 0 Å².